The molecule has 0 aliphatic heterocycles. The summed E-state index contributed by atoms with van der Waals surface area (Å²) in [4.78, 5) is 11.9. The second-order valence-corrected chi connectivity index (χ2v) is 6.02. The van der Waals surface area contributed by atoms with Crippen molar-refractivity contribution < 1.29 is 4.79 Å². The number of hydrogen-bond acceptors (Lipinski definition) is 2. The minimum atomic E-state index is -0.00617. The van der Waals surface area contributed by atoms with Gasteiger partial charge in [-0.05, 0) is 60.2 Å². The van der Waals surface area contributed by atoms with E-state index in [4.69, 9.17) is 5.73 Å². The third-order valence-electron chi connectivity index (χ3n) is 2.48. The number of anilines is 1. The molecule has 1 atom stereocenters. The van der Waals surface area contributed by atoms with Gasteiger partial charge in [-0.2, -0.15) is 0 Å². The van der Waals surface area contributed by atoms with E-state index in [2.05, 4.69) is 43.8 Å². The van der Waals surface area contributed by atoms with Gasteiger partial charge in [-0.15, -0.1) is 0 Å². The molecule has 0 aromatic heterocycles. The first kappa shape index (κ1) is 14.9. The minimum absolute atomic E-state index is 0.00617. The molecule has 94 valence electrons. The van der Waals surface area contributed by atoms with Crippen LogP contribution in [0.2, 0.25) is 0 Å². The van der Waals surface area contributed by atoms with Crippen molar-refractivity contribution in [2.24, 2.45) is 11.7 Å². The Morgan fingerprint density at radius 1 is 1.59 bits per heavy atom. The average Bonchev–Trinajstić information content (AvgIpc) is 2.30. The Morgan fingerprint density at radius 3 is 2.94 bits per heavy atom. The van der Waals surface area contributed by atoms with Crippen molar-refractivity contribution in [1.82, 2.24) is 0 Å². The highest BCUT2D eigenvalue weighted by atomic mass is 127. The summed E-state index contributed by atoms with van der Waals surface area (Å²) in [6, 6.07) is 5.83. The Morgan fingerprint density at radius 2 is 2.29 bits per heavy atom. The first-order valence-corrected chi connectivity index (χ1v) is 7.37. The number of carbonyl (C=O) groups is 1. The van der Waals surface area contributed by atoms with Crippen molar-refractivity contribution in [3.8, 4) is 0 Å². The molecule has 0 heterocycles. The molecule has 0 saturated heterocycles. The van der Waals surface area contributed by atoms with E-state index in [0.29, 0.717) is 6.54 Å². The zero-order valence-electron chi connectivity index (χ0n) is 9.67. The van der Waals surface area contributed by atoms with Crippen LogP contribution in [0.25, 0.3) is 0 Å². The Kier molecular flexibility index (Phi) is 6.43. The molecule has 3 N–H and O–H groups in total. The van der Waals surface area contributed by atoms with Gasteiger partial charge in [-0.3, -0.25) is 4.79 Å². The highest BCUT2D eigenvalue weighted by Gasteiger charge is 2.13. The van der Waals surface area contributed by atoms with Crippen LogP contribution in [0.15, 0.2) is 22.7 Å². The summed E-state index contributed by atoms with van der Waals surface area (Å²) in [5.74, 6) is 0.0443. The lowest BCUT2D eigenvalue weighted by Crippen LogP contribution is -2.21. The summed E-state index contributed by atoms with van der Waals surface area (Å²) >= 11 is 5.60. The summed E-state index contributed by atoms with van der Waals surface area (Å²) in [7, 11) is 0. The van der Waals surface area contributed by atoms with Gasteiger partial charge in [0.1, 0.15) is 0 Å². The number of amides is 1. The highest BCUT2D eigenvalue weighted by molar-refractivity contribution is 14.1. The van der Waals surface area contributed by atoms with Crippen LogP contribution in [0, 0.1) is 9.49 Å². The molecule has 1 aromatic carbocycles. The fourth-order valence-electron chi connectivity index (χ4n) is 1.40. The van der Waals surface area contributed by atoms with Crippen LogP contribution >= 0.6 is 38.5 Å². The highest BCUT2D eigenvalue weighted by Crippen LogP contribution is 2.23. The lowest BCUT2D eigenvalue weighted by Gasteiger charge is -2.13. The third kappa shape index (κ3) is 4.93. The molecule has 17 heavy (non-hydrogen) atoms. The monoisotopic (exact) mass is 410 g/mol. The number of benzene rings is 1. The molecule has 1 amide bonds. The summed E-state index contributed by atoms with van der Waals surface area (Å²) < 4.78 is 1.99. The molecule has 0 bridgehead atoms. The van der Waals surface area contributed by atoms with Gasteiger partial charge in [-0.1, -0.05) is 22.9 Å². The minimum Gasteiger partial charge on any atom is -0.330 e. The molecule has 0 fully saturated rings. The number of halogens is 2. The van der Waals surface area contributed by atoms with Gasteiger partial charge in [-0.25, -0.2) is 0 Å². The maximum Gasteiger partial charge on any atom is 0.227 e. The third-order valence-corrected chi connectivity index (χ3v) is 3.91. The van der Waals surface area contributed by atoms with E-state index >= 15 is 0 Å². The Hall–Kier alpha value is -0.140. The zero-order chi connectivity index (χ0) is 12.8. The van der Waals surface area contributed by atoms with E-state index in [-0.39, 0.29) is 11.8 Å². The van der Waals surface area contributed by atoms with Crippen LogP contribution < -0.4 is 11.1 Å². The van der Waals surface area contributed by atoms with Crippen molar-refractivity contribution in [3.63, 3.8) is 0 Å². The molecule has 3 nitrogen and oxygen atoms in total. The SMILES string of the molecule is CC(CCCN)C(=O)Nc1cc(Br)ccc1I. The van der Waals surface area contributed by atoms with Gasteiger partial charge in [0.05, 0.1) is 5.69 Å². The number of nitrogens with one attached hydrogen (secondary N) is 1. The number of nitrogens with two attached hydrogens (primary N) is 1. The van der Waals surface area contributed by atoms with Crippen molar-refractivity contribution in [1.29, 1.82) is 0 Å². The summed E-state index contributed by atoms with van der Waals surface area (Å²) in [5.41, 5.74) is 6.29. The van der Waals surface area contributed by atoms with Crippen molar-refractivity contribution >= 4 is 50.1 Å². The molecule has 1 aromatic rings. The van der Waals surface area contributed by atoms with E-state index in [1.165, 1.54) is 0 Å². The summed E-state index contributed by atoms with van der Waals surface area (Å²) in [5, 5.41) is 2.94. The fraction of sp³-hybridized carbons (Fsp3) is 0.417. The van der Waals surface area contributed by atoms with E-state index in [9.17, 15) is 4.79 Å². The topological polar surface area (TPSA) is 55.1 Å². The lowest BCUT2D eigenvalue weighted by molar-refractivity contribution is -0.119. The van der Waals surface area contributed by atoms with Crippen molar-refractivity contribution in [3.05, 3.63) is 26.2 Å². The average molecular weight is 411 g/mol. The number of carbonyl (C=O) groups excluding carboxylic acids is 1. The Labute approximate surface area is 124 Å². The maximum atomic E-state index is 11.9. The maximum absolute atomic E-state index is 11.9. The van der Waals surface area contributed by atoms with Gasteiger partial charge in [0, 0.05) is 14.0 Å². The quantitative estimate of drug-likeness (QED) is 0.731. The smallest absolute Gasteiger partial charge is 0.227 e. The van der Waals surface area contributed by atoms with E-state index in [1.54, 1.807) is 0 Å². The summed E-state index contributed by atoms with van der Waals surface area (Å²) in [6.07, 6.45) is 1.71. The van der Waals surface area contributed by atoms with Crippen LogP contribution in [-0.2, 0) is 4.79 Å². The van der Waals surface area contributed by atoms with Crippen LogP contribution in [0.5, 0.6) is 0 Å². The number of hydrogen-bond donors (Lipinski definition) is 2. The van der Waals surface area contributed by atoms with Crippen LogP contribution in [0.4, 0.5) is 5.69 Å². The molecule has 0 spiro atoms. The van der Waals surface area contributed by atoms with Crippen LogP contribution in [0.1, 0.15) is 19.8 Å². The van der Waals surface area contributed by atoms with E-state index < -0.39 is 0 Å². The second kappa shape index (κ2) is 7.33. The Bertz CT molecular complexity index is 398. The lowest BCUT2D eigenvalue weighted by atomic mass is 10.0. The predicted molar refractivity (Wildman–Crippen MR) is 82.9 cm³/mol. The molecular formula is C12H16BrIN2O. The molecule has 5 heteroatoms. The number of rotatable bonds is 5. The van der Waals surface area contributed by atoms with Gasteiger partial charge in [0.25, 0.3) is 0 Å². The molecule has 1 unspecified atom stereocenters. The molecule has 0 radical (unpaired) electrons. The normalized spacial score (nSPS) is 12.2. The zero-order valence-corrected chi connectivity index (χ0v) is 13.4. The largest absolute Gasteiger partial charge is 0.330 e. The second-order valence-electron chi connectivity index (χ2n) is 3.95. The molecule has 0 saturated carbocycles. The molecular weight excluding hydrogens is 395 g/mol. The van der Waals surface area contributed by atoms with Crippen molar-refractivity contribution in [2.45, 2.75) is 19.8 Å². The standard InChI is InChI=1S/C12H16BrIN2O/c1-8(3-2-6-15)12(17)16-11-7-9(13)4-5-10(11)14/h4-5,7-8H,2-3,6,15H2,1H3,(H,16,17). The van der Waals surface area contributed by atoms with Crippen molar-refractivity contribution in [2.75, 3.05) is 11.9 Å². The first-order chi connectivity index (χ1) is 8.04. The fourth-order valence-corrected chi connectivity index (χ4v) is 2.24. The molecule has 1 rings (SSSR count). The summed E-state index contributed by atoms with van der Waals surface area (Å²) in [6.45, 7) is 2.56. The first-order valence-electron chi connectivity index (χ1n) is 5.50. The van der Waals surface area contributed by atoms with Gasteiger partial charge >= 0.3 is 0 Å². The van der Waals surface area contributed by atoms with E-state index in [0.717, 1.165) is 26.6 Å². The Balaban J connectivity index is 2.64. The van der Waals surface area contributed by atoms with E-state index in [1.807, 2.05) is 25.1 Å². The molecule has 0 aliphatic rings. The predicted octanol–water partition coefficient (Wildman–Crippen LogP) is 3.37. The molecule has 0 aliphatic carbocycles. The van der Waals surface area contributed by atoms with Gasteiger partial charge in [0.15, 0.2) is 0 Å². The van der Waals surface area contributed by atoms with Crippen LogP contribution in [0.3, 0.4) is 0 Å². The van der Waals surface area contributed by atoms with Gasteiger partial charge in [0.2, 0.25) is 5.91 Å². The van der Waals surface area contributed by atoms with Crippen LogP contribution in [-0.4, -0.2) is 12.5 Å². The van der Waals surface area contributed by atoms with Gasteiger partial charge < -0.3 is 11.1 Å².